The van der Waals surface area contributed by atoms with Gasteiger partial charge in [0, 0.05) is 6.04 Å². The molecule has 0 fully saturated rings. The molecule has 0 aliphatic carbocycles. The summed E-state index contributed by atoms with van der Waals surface area (Å²) in [6.45, 7) is 6.79. The van der Waals surface area contributed by atoms with E-state index in [0.29, 0.717) is 6.04 Å². The average molecular weight is 185 g/mol. The molecule has 2 N–H and O–H groups in total. The van der Waals surface area contributed by atoms with Gasteiger partial charge in [-0.2, -0.15) is 0 Å². The second kappa shape index (κ2) is 8.55. The Morgan fingerprint density at radius 2 is 1.54 bits per heavy atom. The summed E-state index contributed by atoms with van der Waals surface area (Å²) in [6.07, 6.45) is 9.12. The monoisotopic (exact) mass is 185 g/mol. The van der Waals surface area contributed by atoms with Gasteiger partial charge in [-0.3, -0.25) is 0 Å². The molecule has 0 bridgehead atoms. The van der Waals surface area contributed by atoms with E-state index < -0.39 is 0 Å². The zero-order valence-corrected chi connectivity index (χ0v) is 9.68. The molecular formula is C12H27N. The Kier molecular flexibility index (Phi) is 8.53. The topological polar surface area (TPSA) is 26.0 Å². The van der Waals surface area contributed by atoms with E-state index in [4.69, 9.17) is 5.73 Å². The van der Waals surface area contributed by atoms with Gasteiger partial charge in [0.2, 0.25) is 0 Å². The molecule has 0 heterocycles. The first-order valence-corrected chi connectivity index (χ1v) is 5.97. The van der Waals surface area contributed by atoms with Crippen LogP contribution in [-0.2, 0) is 0 Å². The molecule has 0 aromatic rings. The molecule has 1 nitrogen and oxygen atoms in total. The standard InChI is InChI=1S/C12H27N/c1-4-6-8-10-12(13)11(3)9-7-5-2/h11-12H,4-10,13H2,1-3H3. The summed E-state index contributed by atoms with van der Waals surface area (Å²) in [5.74, 6) is 0.719. The smallest absolute Gasteiger partial charge is 0.00645 e. The zero-order chi connectivity index (χ0) is 10.1. The molecule has 13 heavy (non-hydrogen) atoms. The van der Waals surface area contributed by atoms with Crippen molar-refractivity contribution in [1.29, 1.82) is 0 Å². The van der Waals surface area contributed by atoms with Gasteiger partial charge in [0.15, 0.2) is 0 Å². The van der Waals surface area contributed by atoms with Crippen molar-refractivity contribution in [2.24, 2.45) is 11.7 Å². The quantitative estimate of drug-likeness (QED) is 0.573. The molecule has 0 radical (unpaired) electrons. The summed E-state index contributed by atoms with van der Waals surface area (Å²) < 4.78 is 0. The van der Waals surface area contributed by atoms with Crippen molar-refractivity contribution < 1.29 is 0 Å². The van der Waals surface area contributed by atoms with Crippen molar-refractivity contribution in [1.82, 2.24) is 0 Å². The summed E-state index contributed by atoms with van der Waals surface area (Å²) in [4.78, 5) is 0. The molecule has 0 saturated heterocycles. The van der Waals surface area contributed by atoms with Crippen LogP contribution in [0.15, 0.2) is 0 Å². The largest absolute Gasteiger partial charge is 0.327 e. The van der Waals surface area contributed by atoms with Crippen LogP contribution in [-0.4, -0.2) is 6.04 Å². The third-order valence-electron chi connectivity index (χ3n) is 2.88. The fourth-order valence-corrected chi connectivity index (χ4v) is 1.65. The van der Waals surface area contributed by atoms with Crippen LogP contribution in [0.5, 0.6) is 0 Å². The third kappa shape index (κ3) is 7.06. The molecule has 0 aliphatic heterocycles. The van der Waals surface area contributed by atoms with Crippen molar-refractivity contribution >= 4 is 0 Å². The molecule has 0 saturated carbocycles. The van der Waals surface area contributed by atoms with E-state index in [0.717, 1.165) is 5.92 Å². The molecule has 2 unspecified atom stereocenters. The van der Waals surface area contributed by atoms with E-state index in [9.17, 15) is 0 Å². The fourth-order valence-electron chi connectivity index (χ4n) is 1.65. The summed E-state index contributed by atoms with van der Waals surface area (Å²) in [5, 5.41) is 0. The first-order chi connectivity index (χ1) is 6.22. The molecule has 1 heteroatoms. The van der Waals surface area contributed by atoms with Gasteiger partial charge in [-0.15, -0.1) is 0 Å². The Bertz CT molecular complexity index is 101. The van der Waals surface area contributed by atoms with Crippen LogP contribution in [0.3, 0.4) is 0 Å². The van der Waals surface area contributed by atoms with E-state index in [2.05, 4.69) is 20.8 Å². The normalized spacial score (nSPS) is 15.7. The van der Waals surface area contributed by atoms with E-state index in [1.165, 1.54) is 44.9 Å². The van der Waals surface area contributed by atoms with Crippen LogP contribution in [0.25, 0.3) is 0 Å². The van der Waals surface area contributed by atoms with Gasteiger partial charge < -0.3 is 5.73 Å². The number of rotatable bonds is 8. The van der Waals surface area contributed by atoms with Crippen LogP contribution in [0.4, 0.5) is 0 Å². The lowest BCUT2D eigenvalue weighted by molar-refractivity contribution is 0.384. The van der Waals surface area contributed by atoms with Crippen molar-refractivity contribution in [3.05, 3.63) is 0 Å². The number of hydrogen-bond donors (Lipinski definition) is 1. The van der Waals surface area contributed by atoms with Gasteiger partial charge in [0.25, 0.3) is 0 Å². The highest BCUT2D eigenvalue weighted by atomic mass is 14.6. The Labute approximate surface area is 84.1 Å². The minimum atomic E-state index is 0.443. The molecule has 0 aromatic heterocycles. The lowest BCUT2D eigenvalue weighted by Gasteiger charge is -2.19. The molecule has 0 amide bonds. The SMILES string of the molecule is CCCCCC(N)C(C)CCCC. The lowest BCUT2D eigenvalue weighted by Crippen LogP contribution is -2.28. The van der Waals surface area contributed by atoms with E-state index in [1.54, 1.807) is 0 Å². The summed E-state index contributed by atoms with van der Waals surface area (Å²) in [6, 6.07) is 0.443. The van der Waals surface area contributed by atoms with Gasteiger partial charge in [0.05, 0.1) is 0 Å². The second-order valence-electron chi connectivity index (χ2n) is 4.28. The Balaban J connectivity index is 3.38. The first-order valence-electron chi connectivity index (χ1n) is 5.97. The summed E-state index contributed by atoms with van der Waals surface area (Å²) in [7, 11) is 0. The van der Waals surface area contributed by atoms with Gasteiger partial charge in [0.1, 0.15) is 0 Å². The minimum absolute atomic E-state index is 0.443. The summed E-state index contributed by atoms with van der Waals surface area (Å²) in [5.41, 5.74) is 6.10. The molecule has 0 rings (SSSR count). The third-order valence-corrected chi connectivity index (χ3v) is 2.88. The average Bonchev–Trinajstić information content (AvgIpc) is 2.14. The fraction of sp³-hybridized carbons (Fsp3) is 1.00. The molecule has 2 atom stereocenters. The van der Waals surface area contributed by atoms with Crippen LogP contribution >= 0.6 is 0 Å². The molecule has 80 valence electrons. The maximum atomic E-state index is 6.10. The molecule has 0 aromatic carbocycles. The van der Waals surface area contributed by atoms with Gasteiger partial charge in [-0.05, 0) is 18.8 Å². The molecule has 0 aliphatic rings. The Morgan fingerprint density at radius 3 is 2.08 bits per heavy atom. The Hall–Kier alpha value is -0.0400. The predicted octanol–water partition coefficient (Wildman–Crippen LogP) is 3.72. The zero-order valence-electron chi connectivity index (χ0n) is 9.68. The van der Waals surface area contributed by atoms with Crippen LogP contribution in [0, 0.1) is 5.92 Å². The number of unbranched alkanes of at least 4 members (excludes halogenated alkanes) is 3. The van der Waals surface area contributed by atoms with Crippen molar-refractivity contribution in [2.45, 2.75) is 71.8 Å². The second-order valence-corrected chi connectivity index (χ2v) is 4.28. The van der Waals surface area contributed by atoms with Gasteiger partial charge in [-0.1, -0.05) is 52.9 Å². The van der Waals surface area contributed by atoms with Crippen molar-refractivity contribution in [3.8, 4) is 0 Å². The number of hydrogen-bond acceptors (Lipinski definition) is 1. The Morgan fingerprint density at radius 1 is 0.923 bits per heavy atom. The van der Waals surface area contributed by atoms with Crippen LogP contribution in [0.1, 0.15) is 65.7 Å². The maximum Gasteiger partial charge on any atom is 0.00645 e. The van der Waals surface area contributed by atoms with Crippen molar-refractivity contribution in [2.75, 3.05) is 0 Å². The van der Waals surface area contributed by atoms with Crippen molar-refractivity contribution in [3.63, 3.8) is 0 Å². The lowest BCUT2D eigenvalue weighted by atomic mass is 9.92. The predicted molar refractivity (Wildman–Crippen MR) is 60.8 cm³/mol. The summed E-state index contributed by atoms with van der Waals surface area (Å²) >= 11 is 0. The highest BCUT2D eigenvalue weighted by Crippen LogP contribution is 2.15. The number of nitrogens with two attached hydrogens (primary N) is 1. The van der Waals surface area contributed by atoms with E-state index >= 15 is 0 Å². The minimum Gasteiger partial charge on any atom is -0.327 e. The maximum absolute atomic E-state index is 6.10. The van der Waals surface area contributed by atoms with Crippen LogP contribution in [0.2, 0.25) is 0 Å². The van der Waals surface area contributed by atoms with E-state index in [1.807, 2.05) is 0 Å². The van der Waals surface area contributed by atoms with Gasteiger partial charge in [-0.25, -0.2) is 0 Å². The molecule has 0 spiro atoms. The van der Waals surface area contributed by atoms with Crippen LogP contribution < -0.4 is 5.73 Å². The van der Waals surface area contributed by atoms with E-state index in [-0.39, 0.29) is 0 Å². The highest BCUT2D eigenvalue weighted by molar-refractivity contribution is 4.68. The molecular weight excluding hydrogens is 158 g/mol. The van der Waals surface area contributed by atoms with Gasteiger partial charge >= 0.3 is 0 Å². The first kappa shape index (κ1) is 13.0. The highest BCUT2D eigenvalue weighted by Gasteiger charge is 2.10.